The lowest BCUT2D eigenvalue weighted by atomic mass is 10.1. The predicted octanol–water partition coefficient (Wildman–Crippen LogP) is 0.384. The molecule has 0 aromatic heterocycles. The van der Waals surface area contributed by atoms with Crippen LogP contribution in [0.15, 0.2) is 0 Å². The van der Waals surface area contributed by atoms with E-state index in [1.807, 2.05) is 0 Å². The fraction of sp³-hybridized carbons (Fsp3) is 1.00. The summed E-state index contributed by atoms with van der Waals surface area (Å²) in [7, 11) is 0. The normalized spacial score (nSPS) is 17.1. The van der Waals surface area contributed by atoms with Gasteiger partial charge in [-0.15, -0.1) is 0 Å². The highest BCUT2D eigenvalue weighted by atomic mass is 32.1. The summed E-state index contributed by atoms with van der Waals surface area (Å²) in [6.45, 7) is 12.4. The molecule has 1 saturated heterocycles. The van der Waals surface area contributed by atoms with E-state index in [1.54, 1.807) is 0 Å². The Morgan fingerprint density at radius 1 is 1.16 bits per heavy atom. The SMILES string of the molecule is CC(C)CNCCOCCOCCN1CC(NS)C1. The van der Waals surface area contributed by atoms with Crippen LogP contribution in [0, 0.1) is 5.92 Å². The van der Waals surface area contributed by atoms with Crippen molar-refractivity contribution in [2.24, 2.45) is 5.92 Å². The van der Waals surface area contributed by atoms with Crippen LogP contribution in [-0.4, -0.2) is 70.1 Å². The fourth-order valence-corrected chi connectivity index (χ4v) is 2.05. The molecular formula is C13H29N3O2S. The third-order valence-corrected chi connectivity index (χ3v) is 3.40. The Labute approximate surface area is 122 Å². The van der Waals surface area contributed by atoms with E-state index in [0.29, 0.717) is 25.2 Å². The van der Waals surface area contributed by atoms with Crippen molar-refractivity contribution in [3.8, 4) is 0 Å². The maximum Gasteiger partial charge on any atom is 0.0701 e. The number of nitrogens with one attached hydrogen (secondary N) is 2. The summed E-state index contributed by atoms with van der Waals surface area (Å²) in [6.07, 6.45) is 0. The largest absolute Gasteiger partial charge is 0.378 e. The van der Waals surface area contributed by atoms with Crippen molar-refractivity contribution in [2.75, 3.05) is 59.2 Å². The van der Waals surface area contributed by atoms with Gasteiger partial charge < -0.3 is 14.8 Å². The van der Waals surface area contributed by atoms with Gasteiger partial charge in [-0.1, -0.05) is 26.7 Å². The van der Waals surface area contributed by atoms with Gasteiger partial charge in [0.15, 0.2) is 0 Å². The summed E-state index contributed by atoms with van der Waals surface area (Å²) >= 11 is 4.04. The molecule has 0 saturated carbocycles. The molecule has 1 heterocycles. The van der Waals surface area contributed by atoms with Crippen LogP contribution in [0.1, 0.15) is 13.8 Å². The summed E-state index contributed by atoms with van der Waals surface area (Å²) in [5.41, 5.74) is 0. The zero-order valence-electron chi connectivity index (χ0n) is 12.2. The lowest BCUT2D eigenvalue weighted by Gasteiger charge is -2.38. The standard InChI is InChI=1S/C13H29N3O2S/c1-12(2)9-14-3-5-17-7-8-18-6-4-16-10-13(11-16)15-19/h12-15,19H,3-11H2,1-2H3. The summed E-state index contributed by atoms with van der Waals surface area (Å²) in [5.74, 6) is 0.696. The van der Waals surface area contributed by atoms with Gasteiger partial charge in [0.05, 0.1) is 26.4 Å². The molecule has 0 radical (unpaired) electrons. The number of nitrogens with zero attached hydrogens (tertiary/aromatic N) is 1. The summed E-state index contributed by atoms with van der Waals surface area (Å²) in [5, 5.41) is 3.34. The molecule has 0 atom stereocenters. The van der Waals surface area contributed by atoms with E-state index < -0.39 is 0 Å². The Kier molecular flexibility index (Phi) is 9.85. The van der Waals surface area contributed by atoms with Crippen LogP contribution in [0.3, 0.4) is 0 Å². The van der Waals surface area contributed by atoms with Crippen LogP contribution >= 0.6 is 12.8 Å². The number of hydrogen-bond donors (Lipinski definition) is 3. The Bertz CT molecular complexity index is 214. The third-order valence-electron chi connectivity index (χ3n) is 3.04. The summed E-state index contributed by atoms with van der Waals surface area (Å²) < 4.78 is 14.0. The molecule has 6 heteroatoms. The number of rotatable bonds is 12. The van der Waals surface area contributed by atoms with E-state index >= 15 is 0 Å². The Morgan fingerprint density at radius 3 is 2.47 bits per heavy atom. The van der Waals surface area contributed by atoms with Crippen LogP contribution in [0.4, 0.5) is 0 Å². The van der Waals surface area contributed by atoms with Crippen molar-refractivity contribution in [2.45, 2.75) is 19.9 Å². The monoisotopic (exact) mass is 291 g/mol. The second kappa shape index (κ2) is 10.9. The number of ether oxygens (including phenoxy) is 2. The second-order valence-electron chi connectivity index (χ2n) is 5.41. The molecule has 1 aliphatic rings. The highest BCUT2D eigenvalue weighted by molar-refractivity contribution is 7.78. The van der Waals surface area contributed by atoms with Gasteiger partial charge in [-0.3, -0.25) is 9.62 Å². The smallest absolute Gasteiger partial charge is 0.0701 e. The lowest BCUT2D eigenvalue weighted by molar-refractivity contribution is 0.0278. The summed E-state index contributed by atoms with van der Waals surface area (Å²) in [4.78, 5) is 2.35. The van der Waals surface area contributed by atoms with Gasteiger partial charge in [0.25, 0.3) is 0 Å². The van der Waals surface area contributed by atoms with Gasteiger partial charge in [0, 0.05) is 32.2 Å². The van der Waals surface area contributed by atoms with Gasteiger partial charge in [0.2, 0.25) is 0 Å². The van der Waals surface area contributed by atoms with Crippen molar-refractivity contribution in [1.29, 1.82) is 0 Å². The Balaban J connectivity index is 1.70. The zero-order valence-corrected chi connectivity index (χ0v) is 13.1. The molecule has 0 aliphatic carbocycles. The molecule has 5 nitrogen and oxygen atoms in total. The van der Waals surface area contributed by atoms with E-state index in [1.165, 1.54) is 0 Å². The molecular weight excluding hydrogens is 262 g/mol. The quantitative estimate of drug-likeness (QED) is 0.358. The first-order chi connectivity index (χ1) is 9.22. The topological polar surface area (TPSA) is 45.8 Å². The third kappa shape index (κ3) is 8.83. The highest BCUT2D eigenvalue weighted by Gasteiger charge is 2.24. The van der Waals surface area contributed by atoms with E-state index in [4.69, 9.17) is 9.47 Å². The van der Waals surface area contributed by atoms with Crippen LogP contribution in [0.5, 0.6) is 0 Å². The van der Waals surface area contributed by atoms with Crippen molar-refractivity contribution in [1.82, 2.24) is 14.9 Å². The molecule has 114 valence electrons. The van der Waals surface area contributed by atoms with Gasteiger partial charge in [-0.05, 0) is 12.5 Å². The molecule has 1 fully saturated rings. The molecule has 0 aromatic rings. The van der Waals surface area contributed by atoms with Gasteiger partial charge >= 0.3 is 0 Å². The Morgan fingerprint density at radius 2 is 1.84 bits per heavy atom. The first-order valence-electron chi connectivity index (χ1n) is 7.20. The van der Waals surface area contributed by atoms with Crippen molar-refractivity contribution in [3.05, 3.63) is 0 Å². The average molecular weight is 291 g/mol. The molecule has 0 spiro atoms. The minimum Gasteiger partial charge on any atom is -0.378 e. The minimum absolute atomic E-state index is 0.546. The van der Waals surface area contributed by atoms with Crippen LogP contribution < -0.4 is 10.0 Å². The van der Waals surface area contributed by atoms with Crippen molar-refractivity contribution >= 4 is 12.8 Å². The van der Waals surface area contributed by atoms with Crippen LogP contribution in [-0.2, 0) is 9.47 Å². The molecule has 1 aliphatic heterocycles. The van der Waals surface area contributed by atoms with Crippen LogP contribution in [0.2, 0.25) is 0 Å². The number of hydrogen-bond acceptors (Lipinski definition) is 6. The second-order valence-corrected chi connectivity index (χ2v) is 5.67. The number of thiol groups is 1. The van der Waals surface area contributed by atoms with E-state index in [2.05, 4.69) is 41.6 Å². The van der Waals surface area contributed by atoms with E-state index in [9.17, 15) is 0 Å². The Hall–Kier alpha value is 0.150. The first kappa shape index (κ1) is 17.2. The molecule has 1 rings (SSSR count). The maximum atomic E-state index is 5.53. The summed E-state index contributed by atoms with van der Waals surface area (Å²) in [6, 6.07) is 0.546. The zero-order chi connectivity index (χ0) is 13.9. The first-order valence-corrected chi connectivity index (χ1v) is 7.65. The van der Waals surface area contributed by atoms with Gasteiger partial charge in [0.1, 0.15) is 0 Å². The van der Waals surface area contributed by atoms with Gasteiger partial charge in [-0.2, -0.15) is 0 Å². The highest BCUT2D eigenvalue weighted by Crippen LogP contribution is 2.06. The molecule has 0 bridgehead atoms. The molecule has 0 aromatic carbocycles. The van der Waals surface area contributed by atoms with Crippen molar-refractivity contribution in [3.63, 3.8) is 0 Å². The van der Waals surface area contributed by atoms with Crippen LogP contribution in [0.25, 0.3) is 0 Å². The fourth-order valence-electron chi connectivity index (χ4n) is 1.88. The molecule has 0 amide bonds. The molecule has 2 N–H and O–H groups in total. The van der Waals surface area contributed by atoms with E-state index in [0.717, 1.165) is 45.9 Å². The average Bonchev–Trinajstić information content (AvgIpc) is 2.33. The minimum atomic E-state index is 0.546. The molecule has 0 unspecified atom stereocenters. The van der Waals surface area contributed by atoms with Crippen molar-refractivity contribution < 1.29 is 9.47 Å². The molecule has 19 heavy (non-hydrogen) atoms. The van der Waals surface area contributed by atoms with E-state index in [-0.39, 0.29) is 0 Å². The maximum absolute atomic E-state index is 5.53. The lowest BCUT2D eigenvalue weighted by Crippen LogP contribution is -2.56. The number of likely N-dealkylation sites (tertiary alicyclic amines) is 1. The van der Waals surface area contributed by atoms with Gasteiger partial charge in [-0.25, -0.2) is 0 Å². The predicted molar refractivity (Wildman–Crippen MR) is 81.7 cm³/mol.